The number of carboxylic acids is 1. The van der Waals surface area contributed by atoms with E-state index in [0.717, 1.165) is 0 Å². The van der Waals surface area contributed by atoms with Crippen LogP contribution in [0, 0.1) is 6.92 Å². The van der Waals surface area contributed by atoms with Gasteiger partial charge in [0, 0.05) is 30.1 Å². The molecule has 0 spiro atoms. The summed E-state index contributed by atoms with van der Waals surface area (Å²) < 4.78 is 1.27. The molecule has 0 aliphatic carbocycles. The normalized spacial score (nSPS) is 18.0. The van der Waals surface area contributed by atoms with Crippen molar-refractivity contribution in [2.75, 3.05) is 6.54 Å². The molecule has 2 N–H and O–H groups in total. The molecule has 1 fully saturated rings. The van der Waals surface area contributed by atoms with Crippen LogP contribution in [0.4, 0.5) is 0 Å². The van der Waals surface area contributed by atoms with Crippen molar-refractivity contribution in [3.8, 4) is 0 Å². The van der Waals surface area contributed by atoms with E-state index in [-0.39, 0.29) is 17.9 Å². The Bertz CT molecular complexity index is 807. The largest absolute Gasteiger partial charge is 0.480 e. The maximum atomic E-state index is 12.4. The maximum absolute atomic E-state index is 12.4. The molecule has 2 aromatic heterocycles. The Morgan fingerprint density at radius 1 is 1.50 bits per heavy atom. The van der Waals surface area contributed by atoms with Crippen molar-refractivity contribution in [1.29, 1.82) is 0 Å². The van der Waals surface area contributed by atoms with Crippen LogP contribution >= 0.6 is 0 Å². The third-order valence-corrected chi connectivity index (χ3v) is 4.03. The van der Waals surface area contributed by atoms with Gasteiger partial charge in [0.25, 0.3) is 5.56 Å². The number of likely N-dealkylation sites (tertiary alicyclic amines) is 1. The molecule has 1 aliphatic rings. The molecule has 0 aromatic carbocycles. The molecule has 3 rings (SSSR count). The van der Waals surface area contributed by atoms with Crippen LogP contribution in [-0.2, 0) is 16.0 Å². The highest BCUT2D eigenvalue weighted by molar-refractivity contribution is 5.85. The van der Waals surface area contributed by atoms with Crippen LogP contribution in [0.5, 0.6) is 0 Å². The van der Waals surface area contributed by atoms with Gasteiger partial charge in [-0.15, -0.1) is 0 Å². The lowest BCUT2D eigenvalue weighted by molar-refractivity contribution is -0.148. The Morgan fingerprint density at radius 2 is 2.27 bits per heavy atom. The van der Waals surface area contributed by atoms with Crippen LogP contribution in [0.25, 0.3) is 5.65 Å². The highest BCUT2D eigenvalue weighted by Crippen LogP contribution is 2.18. The molecule has 1 unspecified atom stereocenters. The summed E-state index contributed by atoms with van der Waals surface area (Å²) in [6.45, 7) is 2.09. The van der Waals surface area contributed by atoms with E-state index in [4.69, 9.17) is 5.11 Å². The Morgan fingerprint density at radius 3 is 3.00 bits per heavy atom. The highest BCUT2D eigenvalue weighted by atomic mass is 16.4. The number of nitrogens with one attached hydrogen (secondary N) is 1. The molecule has 2 aromatic rings. The first-order valence-corrected chi connectivity index (χ1v) is 7.07. The summed E-state index contributed by atoms with van der Waals surface area (Å²) in [6, 6.07) is 0.874. The van der Waals surface area contributed by atoms with Crippen molar-refractivity contribution in [3.05, 3.63) is 33.9 Å². The summed E-state index contributed by atoms with van der Waals surface area (Å²) in [7, 11) is 0. The van der Waals surface area contributed by atoms with Crippen LogP contribution in [-0.4, -0.2) is 49.1 Å². The van der Waals surface area contributed by atoms with Gasteiger partial charge in [-0.1, -0.05) is 0 Å². The average molecular weight is 304 g/mol. The zero-order valence-electron chi connectivity index (χ0n) is 12.1. The zero-order chi connectivity index (χ0) is 15.9. The summed E-state index contributed by atoms with van der Waals surface area (Å²) >= 11 is 0. The van der Waals surface area contributed by atoms with E-state index in [1.54, 1.807) is 19.2 Å². The number of aryl methyl sites for hydroxylation is 1. The van der Waals surface area contributed by atoms with E-state index < -0.39 is 12.0 Å². The summed E-state index contributed by atoms with van der Waals surface area (Å²) in [5, 5.41) is 11.9. The first kappa shape index (κ1) is 14.3. The lowest BCUT2D eigenvalue weighted by atomic mass is 10.1. The van der Waals surface area contributed by atoms with E-state index in [1.807, 2.05) is 0 Å². The van der Waals surface area contributed by atoms with Gasteiger partial charge in [0.2, 0.25) is 5.91 Å². The second-order valence-electron chi connectivity index (χ2n) is 5.40. The molecule has 1 amide bonds. The smallest absolute Gasteiger partial charge is 0.326 e. The SMILES string of the molecule is Cc1nc2cc[nH]n2c(=O)c1CC(=O)N1CCCC1C(=O)O. The molecular weight excluding hydrogens is 288 g/mol. The highest BCUT2D eigenvalue weighted by Gasteiger charge is 2.34. The van der Waals surface area contributed by atoms with Gasteiger partial charge in [-0.05, 0) is 19.8 Å². The lowest BCUT2D eigenvalue weighted by Gasteiger charge is -2.21. The third kappa shape index (κ3) is 2.26. The fourth-order valence-electron chi connectivity index (χ4n) is 2.88. The fourth-order valence-corrected chi connectivity index (χ4v) is 2.88. The van der Waals surface area contributed by atoms with E-state index in [9.17, 15) is 14.4 Å². The van der Waals surface area contributed by atoms with Crippen molar-refractivity contribution in [2.45, 2.75) is 32.2 Å². The van der Waals surface area contributed by atoms with Crippen molar-refractivity contribution in [2.24, 2.45) is 0 Å². The molecule has 1 saturated heterocycles. The van der Waals surface area contributed by atoms with Gasteiger partial charge < -0.3 is 10.0 Å². The van der Waals surface area contributed by atoms with Crippen LogP contribution in [0.1, 0.15) is 24.1 Å². The van der Waals surface area contributed by atoms with Crippen molar-refractivity contribution in [3.63, 3.8) is 0 Å². The summed E-state index contributed by atoms with van der Waals surface area (Å²) in [5.41, 5.74) is 0.945. The maximum Gasteiger partial charge on any atom is 0.326 e. The predicted molar refractivity (Wildman–Crippen MR) is 76.6 cm³/mol. The molecule has 3 heterocycles. The number of amides is 1. The Hall–Kier alpha value is -2.64. The Kier molecular flexibility index (Phi) is 3.44. The van der Waals surface area contributed by atoms with E-state index in [0.29, 0.717) is 36.3 Å². The van der Waals surface area contributed by atoms with Gasteiger partial charge in [0.05, 0.1) is 6.42 Å². The standard InChI is InChI=1S/C14H16N4O4/c1-8-9(13(20)18-11(16-8)4-5-15-18)7-12(19)17-6-2-3-10(17)14(21)22/h4-5,10,15H,2-3,6-7H2,1H3,(H,21,22). The quantitative estimate of drug-likeness (QED) is 0.826. The van der Waals surface area contributed by atoms with Crippen LogP contribution in [0.15, 0.2) is 17.1 Å². The molecule has 1 aliphatic heterocycles. The molecule has 8 heteroatoms. The van der Waals surface area contributed by atoms with Gasteiger partial charge in [0.1, 0.15) is 6.04 Å². The van der Waals surface area contributed by atoms with Crippen LogP contribution in [0.2, 0.25) is 0 Å². The number of carbonyl (C=O) groups is 2. The van der Waals surface area contributed by atoms with Crippen molar-refractivity contribution >= 4 is 17.5 Å². The number of rotatable bonds is 3. The van der Waals surface area contributed by atoms with Gasteiger partial charge in [-0.2, -0.15) is 0 Å². The number of hydrogen-bond acceptors (Lipinski definition) is 4. The second-order valence-corrected chi connectivity index (χ2v) is 5.40. The third-order valence-electron chi connectivity index (χ3n) is 4.03. The number of aromatic nitrogens is 3. The molecule has 0 saturated carbocycles. The first-order valence-electron chi connectivity index (χ1n) is 7.07. The van der Waals surface area contributed by atoms with Crippen molar-refractivity contribution in [1.82, 2.24) is 19.5 Å². The molecule has 8 nitrogen and oxygen atoms in total. The molecule has 116 valence electrons. The van der Waals surface area contributed by atoms with Crippen molar-refractivity contribution < 1.29 is 14.7 Å². The number of aromatic amines is 1. The zero-order valence-corrected chi connectivity index (χ0v) is 12.1. The van der Waals surface area contributed by atoms with Gasteiger partial charge >= 0.3 is 5.97 Å². The monoisotopic (exact) mass is 304 g/mol. The minimum absolute atomic E-state index is 0.136. The summed E-state index contributed by atoms with van der Waals surface area (Å²) in [4.78, 5) is 41.5. The van der Waals surface area contributed by atoms with E-state index >= 15 is 0 Å². The predicted octanol–water partition coefficient (Wildman–Crippen LogP) is -0.0509. The molecular formula is C14H16N4O4. The van der Waals surface area contributed by atoms with E-state index in [1.165, 1.54) is 9.42 Å². The topological polar surface area (TPSA) is 108 Å². The Labute approximate surface area is 125 Å². The first-order chi connectivity index (χ1) is 10.5. The van der Waals surface area contributed by atoms with Crippen LogP contribution in [0.3, 0.4) is 0 Å². The second kappa shape index (κ2) is 5.28. The Balaban J connectivity index is 1.91. The number of carboxylic acid groups (broad SMARTS) is 1. The number of aliphatic carboxylic acids is 1. The fraction of sp³-hybridized carbons (Fsp3) is 0.429. The number of fused-ring (bicyclic) bond motifs is 1. The number of nitrogens with zero attached hydrogens (tertiary/aromatic N) is 3. The molecule has 22 heavy (non-hydrogen) atoms. The number of carbonyl (C=O) groups excluding carboxylic acids is 1. The van der Waals surface area contributed by atoms with E-state index in [2.05, 4.69) is 10.1 Å². The van der Waals surface area contributed by atoms with Gasteiger partial charge in [-0.3, -0.25) is 14.7 Å². The summed E-state index contributed by atoms with van der Waals surface area (Å²) in [5.74, 6) is -1.35. The molecule has 0 radical (unpaired) electrons. The number of H-pyrrole nitrogens is 1. The lowest BCUT2D eigenvalue weighted by Crippen LogP contribution is -2.42. The van der Waals surface area contributed by atoms with Crippen LogP contribution < -0.4 is 5.56 Å². The minimum atomic E-state index is -1.00. The molecule has 0 bridgehead atoms. The van der Waals surface area contributed by atoms with Gasteiger partial charge in [0.15, 0.2) is 5.65 Å². The van der Waals surface area contributed by atoms with Gasteiger partial charge in [-0.25, -0.2) is 14.3 Å². The summed E-state index contributed by atoms with van der Waals surface area (Å²) in [6.07, 6.45) is 2.57. The average Bonchev–Trinajstić information content (AvgIpc) is 3.11. The minimum Gasteiger partial charge on any atom is -0.480 e. The molecule has 1 atom stereocenters. The number of hydrogen-bond donors (Lipinski definition) is 2.